The number of rotatable bonds is 8. The van der Waals surface area contributed by atoms with E-state index in [1.54, 1.807) is 5.56 Å². The van der Waals surface area contributed by atoms with Crippen LogP contribution >= 0.6 is 0 Å². The van der Waals surface area contributed by atoms with Crippen LogP contribution in [0.3, 0.4) is 0 Å². The molecule has 0 spiro atoms. The smallest absolute Gasteiger partial charge is 0.222 e. The third kappa shape index (κ3) is 13.9. The Labute approximate surface area is 278 Å². The molecule has 45 heavy (non-hydrogen) atoms. The lowest BCUT2D eigenvalue weighted by Crippen LogP contribution is -2.27. The van der Waals surface area contributed by atoms with E-state index < -0.39 is 0 Å². The van der Waals surface area contributed by atoms with Gasteiger partial charge in [0.05, 0.1) is 11.7 Å². The molecule has 1 saturated carbocycles. The number of carbonyl (C=O) groups excluding carboxylic acids is 1. The van der Waals surface area contributed by atoms with Gasteiger partial charge in [0.2, 0.25) is 5.91 Å². The lowest BCUT2D eigenvalue weighted by atomic mass is 9.91. The van der Waals surface area contributed by atoms with Crippen LogP contribution < -0.4 is 4.74 Å². The number of fused-ring (bicyclic) bond motifs is 1. The number of hydrogen-bond donors (Lipinski definition) is 0. The predicted octanol–water partition coefficient (Wildman–Crippen LogP) is 11.4. The summed E-state index contributed by atoms with van der Waals surface area (Å²) in [7, 11) is 0. The van der Waals surface area contributed by atoms with E-state index in [4.69, 9.17) is 11.2 Å². The summed E-state index contributed by atoms with van der Waals surface area (Å²) in [6.45, 7) is 22.8. The maximum Gasteiger partial charge on any atom is 0.222 e. The first-order chi connectivity index (χ1) is 21.8. The van der Waals surface area contributed by atoms with Crippen LogP contribution in [0, 0.1) is 18.3 Å². The summed E-state index contributed by atoms with van der Waals surface area (Å²) in [6, 6.07) is 13.1. The third-order valence-corrected chi connectivity index (χ3v) is 8.10. The molecule has 1 heterocycles. The van der Waals surface area contributed by atoms with E-state index in [-0.39, 0.29) is 6.10 Å². The zero-order chi connectivity index (χ0) is 33.8. The number of hydrogen-bond acceptors (Lipinski definition) is 2. The summed E-state index contributed by atoms with van der Waals surface area (Å²) in [6.07, 6.45) is 20.0. The molecular formula is C42H65NO2. The lowest BCUT2D eigenvalue weighted by molar-refractivity contribution is -0.130. The van der Waals surface area contributed by atoms with Gasteiger partial charge in [-0.2, -0.15) is 0 Å². The van der Waals surface area contributed by atoms with E-state index in [1.165, 1.54) is 60.8 Å². The molecule has 5 rings (SSSR count). The van der Waals surface area contributed by atoms with Gasteiger partial charge >= 0.3 is 0 Å². The summed E-state index contributed by atoms with van der Waals surface area (Å²) in [5.41, 5.74) is 8.08. The zero-order valence-corrected chi connectivity index (χ0v) is 30.6. The number of ether oxygens (including phenoxy) is 1. The van der Waals surface area contributed by atoms with Crippen molar-refractivity contribution in [1.29, 1.82) is 0 Å². The highest BCUT2D eigenvalue weighted by Crippen LogP contribution is 2.38. The fourth-order valence-corrected chi connectivity index (χ4v) is 5.61. The van der Waals surface area contributed by atoms with E-state index in [1.807, 2.05) is 52.5 Å². The third-order valence-electron chi connectivity index (χ3n) is 8.10. The van der Waals surface area contributed by atoms with Crippen molar-refractivity contribution in [1.82, 2.24) is 4.90 Å². The molecule has 1 saturated heterocycles. The average Bonchev–Trinajstić information content (AvgIpc) is 3.81. The van der Waals surface area contributed by atoms with Gasteiger partial charge in [0.1, 0.15) is 5.75 Å². The fraction of sp³-hybridized carbons (Fsp3) is 0.595. The van der Waals surface area contributed by atoms with Crippen LogP contribution in [0.4, 0.5) is 0 Å². The molecule has 1 amide bonds. The standard InChI is InChI=1S/C26H30O.C9H17NO.C3H6.2C2H6/c1-6-21(24-10-8-9-23-19(5)11-15-25(23)24)14-12-20-13-16-26(27-18(3)4)22(7-2)17-20;1-3-4-9(11)10-6-5-8(2)7-10;1-2-3-1;2*1-2/h2,6,8-10,13,16-19H,11-12,14-15H2,1,3-5H3;8H,3-7H2,1-2H3;1-3H2;2*1-2H3/b21-6+;;;;. The largest absolute Gasteiger partial charge is 0.490 e. The van der Waals surface area contributed by atoms with Crippen molar-refractivity contribution < 1.29 is 9.53 Å². The molecule has 2 fully saturated rings. The zero-order valence-electron chi connectivity index (χ0n) is 30.6. The van der Waals surface area contributed by atoms with Gasteiger partial charge in [-0.3, -0.25) is 4.79 Å². The van der Waals surface area contributed by atoms with Crippen LogP contribution in [0.2, 0.25) is 0 Å². The number of benzene rings is 2. The molecule has 2 unspecified atom stereocenters. The van der Waals surface area contributed by atoms with Gasteiger partial charge in [-0.1, -0.05) is 104 Å². The summed E-state index contributed by atoms with van der Waals surface area (Å²) in [5, 5.41) is 0. The quantitative estimate of drug-likeness (QED) is 0.277. The highest BCUT2D eigenvalue weighted by atomic mass is 16.5. The molecule has 3 heteroatoms. The van der Waals surface area contributed by atoms with Gasteiger partial charge in [0.15, 0.2) is 0 Å². The van der Waals surface area contributed by atoms with Crippen LogP contribution in [-0.2, 0) is 17.6 Å². The van der Waals surface area contributed by atoms with Crippen molar-refractivity contribution in [3.8, 4) is 18.1 Å². The number of aryl methyl sites for hydroxylation is 1. The second-order valence-electron chi connectivity index (χ2n) is 12.3. The molecular weight excluding hydrogens is 550 g/mol. The summed E-state index contributed by atoms with van der Waals surface area (Å²) < 4.78 is 5.81. The Morgan fingerprint density at radius 3 is 2.27 bits per heavy atom. The fourth-order valence-electron chi connectivity index (χ4n) is 5.61. The van der Waals surface area contributed by atoms with Crippen molar-refractivity contribution in [2.75, 3.05) is 13.1 Å². The molecule has 0 radical (unpaired) electrons. The minimum Gasteiger partial charge on any atom is -0.490 e. The molecule has 2 aliphatic carbocycles. The summed E-state index contributed by atoms with van der Waals surface area (Å²) in [4.78, 5) is 13.3. The maximum atomic E-state index is 11.3. The monoisotopic (exact) mass is 616 g/mol. The van der Waals surface area contributed by atoms with Crippen LogP contribution in [-0.4, -0.2) is 30.0 Å². The Morgan fingerprint density at radius 1 is 1.04 bits per heavy atom. The van der Waals surface area contributed by atoms with Crippen LogP contribution in [0.1, 0.15) is 154 Å². The minimum atomic E-state index is 0.125. The summed E-state index contributed by atoms with van der Waals surface area (Å²) >= 11 is 0. The van der Waals surface area contributed by atoms with Gasteiger partial charge in [0, 0.05) is 19.5 Å². The number of allylic oxidation sites excluding steroid dienone is 2. The van der Waals surface area contributed by atoms with Crippen LogP contribution in [0.5, 0.6) is 5.75 Å². The topological polar surface area (TPSA) is 29.5 Å². The molecule has 1 aliphatic heterocycles. The average molecular weight is 616 g/mol. The molecule has 3 nitrogen and oxygen atoms in total. The van der Waals surface area contributed by atoms with E-state index in [9.17, 15) is 4.79 Å². The second-order valence-corrected chi connectivity index (χ2v) is 12.3. The van der Waals surface area contributed by atoms with E-state index in [0.717, 1.165) is 56.0 Å². The molecule has 0 aromatic heterocycles. The lowest BCUT2D eigenvalue weighted by Gasteiger charge is -2.15. The Bertz CT molecular complexity index is 1200. The number of nitrogens with zero attached hydrogens (tertiary/aromatic N) is 1. The van der Waals surface area contributed by atoms with Crippen LogP contribution in [0.25, 0.3) is 5.57 Å². The molecule has 2 aromatic carbocycles. The van der Waals surface area contributed by atoms with E-state index >= 15 is 0 Å². The predicted molar refractivity (Wildman–Crippen MR) is 197 cm³/mol. The molecule has 250 valence electrons. The Hall–Kier alpha value is -2.99. The summed E-state index contributed by atoms with van der Waals surface area (Å²) in [5.74, 6) is 5.32. The molecule has 0 N–H and O–H groups in total. The molecule has 2 atom stereocenters. The molecule has 0 bridgehead atoms. The number of likely N-dealkylation sites (tertiary alicyclic amines) is 1. The van der Waals surface area contributed by atoms with E-state index in [0.29, 0.717) is 11.8 Å². The van der Waals surface area contributed by atoms with Gasteiger partial charge in [-0.05, 0) is 111 Å². The van der Waals surface area contributed by atoms with Crippen molar-refractivity contribution in [2.24, 2.45) is 5.92 Å². The minimum absolute atomic E-state index is 0.125. The first-order valence-electron chi connectivity index (χ1n) is 18.1. The van der Waals surface area contributed by atoms with Gasteiger partial charge < -0.3 is 9.64 Å². The van der Waals surface area contributed by atoms with Crippen LogP contribution in [0.15, 0.2) is 42.5 Å². The number of amides is 1. The second kappa shape index (κ2) is 22.5. The first kappa shape index (κ1) is 40.0. The Morgan fingerprint density at radius 2 is 1.73 bits per heavy atom. The normalized spacial score (nSPS) is 17.6. The first-order valence-corrected chi connectivity index (χ1v) is 18.1. The highest BCUT2D eigenvalue weighted by molar-refractivity contribution is 5.76. The molecule has 3 aliphatic rings. The molecule has 2 aromatic rings. The number of carbonyl (C=O) groups is 1. The van der Waals surface area contributed by atoms with Crippen molar-refractivity contribution in [3.63, 3.8) is 0 Å². The van der Waals surface area contributed by atoms with Crippen molar-refractivity contribution in [2.45, 2.75) is 145 Å². The van der Waals surface area contributed by atoms with Gasteiger partial charge in [-0.25, -0.2) is 0 Å². The van der Waals surface area contributed by atoms with Gasteiger partial charge in [0.25, 0.3) is 0 Å². The highest BCUT2D eigenvalue weighted by Gasteiger charge is 2.23. The van der Waals surface area contributed by atoms with Crippen molar-refractivity contribution in [3.05, 3.63) is 70.3 Å². The van der Waals surface area contributed by atoms with E-state index in [2.05, 4.69) is 70.0 Å². The SMILES string of the molecule is C#Cc1cc(CC/C(=C\C)c2cccc3c2CCC3C)ccc1OC(C)C.C1CC1.CC.CC.CCCC(=O)N1CCC(C)C1. The maximum absolute atomic E-state index is 11.3. The Balaban J connectivity index is 0.000000462. The van der Waals surface area contributed by atoms with Gasteiger partial charge in [-0.15, -0.1) is 6.42 Å². The van der Waals surface area contributed by atoms with Crippen molar-refractivity contribution >= 4 is 11.5 Å². The number of terminal acetylenes is 1. The Kier molecular flexibility index (Phi) is 20.0.